The van der Waals surface area contributed by atoms with E-state index in [1.165, 1.54) is 11.3 Å². The van der Waals surface area contributed by atoms with Crippen molar-refractivity contribution >= 4 is 49.9 Å². The highest BCUT2D eigenvalue weighted by Crippen LogP contribution is 2.36. The van der Waals surface area contributed by atoms with Crippen LogP contribution in [0.4, 0.5) is 5.13 Å². The SMILES string of the molecule is O=C(Nc1ncc(-c2ccc(-c3cccnc3)cc2Cl)s1)c1ccc(Br)o1. The van der Waals surface area contributed by atoms with E-state index in [9.17, 15) is 4.79 Å². The van der Waals surface area contributed by atoms with E-state index in [1.807, 2.05) is 30.3 Å². The van der Waals surface area contributed by atoms with Gasteiger partial charge in [-0.05, 0) is 45.8 Å². The maximum Gasteiger partial charge on any atom is 0.293 e. The van der Waals surface area contributed by atoms with E-state index in [0.29, 0.717) is 14.8 Å². The molecule has 1 N–H and O–H groups in total. The first kappa shape index (κ1) is 17.9. The Morgan fingerprint density at radius 2 is 2.04 bits per heavy atom. The van der Waals surface area contributed by atoms with E-state index < -0.39 is 0 Å². The van der Waals surface area contributed by atoms with Crippen LogP contribution in [0, 0.1) is 0 Å². The zero-order chi connectivity index (χ0) is 18.8. The number of anilines is 1. The number of pyridine rings is 1. The average Bonchev–Trinajstić information content (AvgIpc) is 3.31. The van der Waals surface area contributed by atoms with Crippen LogP contribution in [0.25, 0.3) is 21.6 Å². The fraction of sp³-hybridized carbons (Fsp3) is 0. The number of furan rings is 1. The van der Waals surface area contributed by atoms with Crippen molar-refractivity contribution in [1.82, 2.24) is 9.97 Å². The van der Waals surface area contributed by atoms with Crippen LogP contribution in [0.2, 0.25) is 5.02 Å². The number of hydrogen-bond donors (Lipinski definition) is 1. The molecule has 0 aliphatic carbocycles. The molecule has 0 saturated heterocycles. The van der Waals surface area contributed by atoms with Crippen LogP contribution < -0.4 is 5.32 Å². The van der Waals surface area contributed by atoms with Crippen LogP contribution in [0.15, 0.2) is 70.1 Å². The summed E-state index contributed by atoms with van der Waals surface area (Å²) in [6.07, 6.45) is 5.20. The average molecular weight is 461 g/mol. The molecule has 4 aromatic rings. The molecule has 1 aromatic carbocycles. The molecule has 0 saturated carbocycles. The summed E-state index contributed by atoms with van der Waals surface area (Å²) >= 11 is 11.0. The molecule has 0 aliphatic rings. The first-order chi connectivity index (χ1) is 13.1. The van der Waals surface area contributed by atoms with Crippen molar-refractivity contribution in [2.75, 3.05) is 5.32 Å². The Hall–Kier alpha value is -2.48. The minimum Gasteiger partial charge on any atom is -0.444 e. The molecule has 5 nitrogen and oxygen atoms in total. The highest BCUT2D eigenvalue weighted by atomic mass is 79.9. The van der Waals surface area contributed by atoms with Gasteiger partial charge in [-0.2, -0.15) is 0 Å². The molecule has 0 unspecified atom stereocenters. The van der Waals surface area contributed by atoms with Gasteiger partial charge in [-0.25, -0.2) is 4.98 Å². The minimum atomic E-state index is -0.361. The highest BCUT2D eigenvalue weighted by Gasteiger charge is 2.14. The van der Waals surface area contributed by atoms with E-state index in [1.54, 1.807) is 30.7 Å². The number of hydrogen-bond acceptors (Lipinski definition) is 5. The molecule has 4 rings (SSSR count). The summed E-state index contributed by atoms with van der Waals surface area (Å²) in [5.41, 5.74) is 2.83. The van der Waals surface area contributed by atoms with Crippen LogP contribution >= 0.6 is 38.9 Å². The third kappa shape index (κ3) is 3.95. The Morgan fingerprint density at radius 3 is 2.74 bits per heavy atom. The smallest absolute Gasteiger partial charge is 0.293 e. The molecule has 134 valence electrons. The zero-order valence-corrected chi connectivity index (χ0v) is 16.8. The fourth-order valence-corrected chi connectivity index (χ4v) is 3.98. The second kappa shape index (κ2) is 7.64. The summed E-state index contributed by atoms with van der Waals surface area (Å²) in [7, 11) is 0. The Kier molecular flexibility index (Phi) is 5.07. The van der Waals surface area contributed by atoms with Gasteiger partial charge >= 0.3 is 0 Å². The van der Waals surface area contributed by atoms with Gasteiger partial charge in [0, 0.05) is 34.7 Å². The molecule has 0 spiro atoms. The Balaban J connectivity index is 1.55. The predicted octanol–water partition coefficient (Wildman–Crippen LogP) is 6.13. The van der Waals surface area contributed by atoms with E-state index in [0.717, 1.165) is 21.6 Å². The number of carbonyl (C=O) groups is 1. The van der Waals surface area contributed by atoms with Crippen molar-refractivity contribution in [2.45, 2.75) is 0 Å². The van der Waals surface area contributed by atoms with Gasteiger partial charge in [0.15, 0.2) is 15.6 Å². The molecule has 0 radical (unpaired) electrons. The fourth-order valence-electron chi connectivity index (χ4n) is 2.48. The highest BCUT2D eigenvalue weighted by molar-refractivity contribution is 9.10. The van der Waals surface area contributed by atoms with Gasteiger partial charge in [-0.15, -0.1) is 0 Å². The number of nitrogens with one attached hydrogen (secondary N) is 1. The molecule has 27 heavy (non-hydrogen) atoms. The van der Waals surface area contributed by atoms with Crippen LogP contribution in [-0.2, 0) is 0 Å². The van der Waals surface area contributed by atoms with Gasteiger partial charge in [0.2, 0.25) is 0 Å². The lowest BCUT2D eigenvalue weighted by atomic mass is 10.1. The molecular formula is C19H11BrClN3O2S. The maximum atomic E-state index is 12.2. The Bertz CT molecular complexity index is 1110. The molecular weight excluding hydrogens is 450 g/mol. The number of aromatic nitrogens is 2. The first-order valence-electron chi connectivity index (χ1n) is 7.83. The van der Waals surface area contributed by atoms with Crippen LogP contribution in [0.3, 0.4) is 0 Å². The lowest BCUT2D eigenvalue weighted by molar-refractivity contribution is 0.0995. The summed E-state index contributed by atoms with van der Waals surface area (Å²) < 4.78 is 5.73. The molecule has 0 fully saturated rings. The van der Waals surface area contributed by atoms with E-state index in [4.69, 9.17) is 16.0 Å². The molecule has 8 heteroatoms. The van der Waals surface area contributed by atoms with Crippen molar-refractivity contribution in [3.05, 3.63) is 76.5 Å². The van der Waals surface area contributed by atoms with Crippen molar-refractivity contribution in [2.24, 2.45) is 0 Å². The Labute approximate surface area is 172 Å². The number of nitrogens with zero attached hydrogens (tertiary/aromatic N) is 2. The van der Waals surface area contributed by atoms with Crippen LogP contribution in [0.5, 0.6) is 0 Å². The topological polar surface area (TPSA) is 68.0 Å². The van der Waals surface area contributed by atoms with Gasteiger partial charge in [0.05, 0.1) is 4.88 Å². The summed E-state index contributed by atoms with van der Waals surface area (Å²) in [5, 5.41) is 3.79. The van der Waals surface area contributed by atoms with Gasteiger partial charge in [0.25, 0.3) is 5.91 Å². The number of amides is 1. The third-order valence-corrected chi connectivity index (χ3v) is 5.44. The van der Waals surface area contributed by atoms with E-state index >= 15 is 0 Å². The molecule has 3 aromatic heterocycles. The normalized spacial score (nSPS) is 10.7. The summed E-state index contributed by atoms with van der Waals surface area (Å²) in [6, 6.07) is 12.9. The Morgan fingerprint density at radius 1 is 1.15 bits per heavy atom. The number of halogens is 2. The molecule has 0 atom stereocenters. The second-order valence-electron chi connectivity index (χ2n) is 5.52. The lowest BCUT2D eigenvalue weighted by Crippen LogP contribution is -2.10. The zero-order valence-electron chi connectivity index (χ0n) is 13.6. The lowest BCUT2D eigenvalue weighted by Gasteiger charge is -2.05. The monoisotopic (exact) mass is 459 g/mol. The van der Waals surface area contributed by atoms with Crippen molar-refractivity contribution < 1.29 is 9.21 Å². The van der Waals surface area contributed by atoms with Crippen molar-refractivity contribution in [1.29, 1.82) is 0 Å². The molecule has 0 aliphatic heterocycles. The van der Waals surface area contributed by atoms with E-state index in [2.05, 4.69) is 31.2 Å². The van der Waals surface area contributed by atoms with Crippen molar-refractivity contribution in [3.63, 3.8) is 0 Å². The first-order valence-corrected chi connectivity index (χ1v) is 9.82. The van der Waals surface area contributed by atoms with Crippen LogP contribution in [0.1, 0.15) is 10.6 Å². The van der Waals surface area contributed by atoms with Gasteiger partial charge in [0.1, 0.15) is 0 Å². The van der Waals surface area contributed by atoms with Crippen molar-refractivity contribution in [3.8, 4) is 21.6 Å². The summed E-state index contributed by atoms with van der Waals surface area (Å²) in [5.74, 6) is -0.155. The molecule has 3 heterocycles. The standard InChI is InChI=1S/C19H11BrClN3O2S/c20-17-6-5-15(26-17)18(25)24-19-23-10-16(27-19)13-4-3-11(8-14(13)21)12-2-1-7-22-9-12/h1-10H,(H,23,24,25). The molecule has 1 amide bonds. The minimum absolute atomic E-state index is 0.206. The number of thiazole rings is 1. The van der Waals surface area contributed by atoms with Gasteiger partial charge in [-0.1, -0.05) is 41.1 Å². The third-order valence-electron chi connectivity index (χ3n) is 3.75. The summed E-state index contributed by atoms with van der Waals surface area (Å²) in [6.45, 7) is 0. The molecule has 0 bridgehead atoms. The quantitative estimate of drug-likeness (QED) is 0.397. The predicted molar refractivity (Wildman–Crippen MR) is 110 cm³/mol. The van der Waals surface area contributed by atoms with Gasteiger partial charge in [-0.3, -0.25) is 15.1 Å². The summed E-state index contributed by atoms with van der Waals surface area (Å²) in [4.78, 5) is 21.4. The number of rotatable bonds is 4. The maximum absolute atomic E-state index is 12.2. The van der Waals surface area contributed by atoms with E-state index in [-0.39, 0.29) is 11.7 Å². The largest absolute Gasteiger partial charge is 0.444 e. The van der Waals surface area contributed by atoms with Gasteiger partial charge < -0.3 is 4.42 Å². The van der Waals surface area contributed by atoms with Crippen LogP contribution in [-0.4, -0.2) is 15.9 Å². The second-order valence-corrected chi connectivity index (χ2v) is 7.74. The number of benzene rings is 1. The number of carbonyl (C=O) groups excluding carboxylic acids is 1.